The van der Waals surface area contributed by atoms with Gasteiger partial charge in [0, 0.05) is 50.2 Å². The molecule has 3 amide bonds. The third-order valence-corrected chi connectivity index (χ3v) is 4.71. The molecule has 0 aliphatic carbocycles. The largest absolute Gasteiger partial charge is 0.368 e. The summed E-state index contributed by atoms with van der Waals surface area (Å²) >= 11 is 0. The topological polar surface area (TPSA) is 64.7 Å². The van der Waals surface area contributed by atoms with E-state index in [1.54, 1.807) is 18.2 Å². The summed E-state index contributed by atoms with van der Waals surface area (Å²) in [5.74, 6) is -0.138. The minimum Gasteiger partial charge on any atom is -0.368 e. The Morgan fingerprint density at radius 3 is 2.22 bits per heavy atom. The maximum absolute atomic E-state index is 12.6. The SMILES string of the molecule is CC(=O)Nc1cccc(NC(=O)N2CCN(c3cc(C)ccc3C)CC2)c1. The van der Waals surface area contributed by atoms with Crippen molar-refractivity contribution in [3.05, 3.63) is 53.6 Å². The third kappa shape index (κ3) is 4.78. The lowest BCUT2D eigenvalue weighted by molar-refractivity contribution is -0.114. The summed E-state index contributed by atoms with van der Waals surface area (Å²) < 4.78 is 0. The molecular formula is C21H26N4O2. The van der Waals surface area contributed by atoms with Crippen LogP contribution in [-0.4, -0.2) is 43.0 Å². The molecule has 0 atom stereocenters. The lowest BCUT2D eigenvalue weighted by Gasteiger charge is -2.37. The minimum atomic E-state index is -0.138. The van der Waals surface area contributed by atoms with Gasteiger partial charge in [-0.1, -0.05) is 18.2 Å². The van der Waals surface area contributed by atoms with E-state index in [4.69, 9.17) is 0 Å². The minimum absolute atomic E-state index is 0.115. The Labute approximate surface area is 160 Å². The molecule has 2 aromatic rings. The maximum Gasteiger partial charge on any atom is 0.321 e. The van der Waals surface area contributed by atoms with Gasteiger partial charge in [-0.05, 0) is 49.2 Å². The van der Waals surface area contributed by atoms with Crippen LogP contribution in [0.4, 0.5) is 21.9 Å². The molecule has 142 valence electrons. The number of aryl methyl sites for hydroxylation is 2. The maximum atomic E-state index is 12.6. The number of hydrogen-bond donors (Lipinski definition) is 2. The van der Waals surface area contributed by atoms with E-state index in [2.05, 4.69) is 47.6 Å². The molecule has 1 heterocycles. The number of hydrogen-bond acceptors (Lipinski definition) is 3. The van der Waals surface area contributed by atoms with E-state index < -0.39 is 0 Å². The Morgan fingerprint density at radius 1 is 0.889 bits per heavy atom. The first-order valence-electron chi connectivity index (χ1n) is 9.18. The fourth-order valence-electron chi connectivity index (χ4n) is 3.29. The molecule has 3 rings (SSSR count). The zero-order valence-corrected chi connectivity index (χ0v) is 16.1. The number of anilines is 3. The lowest BCUT2D eigenvalue weighted by atomic mass is 10.1. The Morgan fingerprint density at radius 2 is 1.56 bits per heavy atom. The second-order valence-corrected chi connectivity index (χ2v) is 6.96. The highest BCUT2D eigenvalue weighted by molar-refractivity contribution is 5.92. The van der Waals surface area contributed by atoms with Crippen LogP contribution in [0.5, 0.6) is 0 Å². The Kier molecular flexibility index (Phi) is 5.64. The normalized spacial score (nSPS) is 14.0. The van der Waals surface area contributed by atoms with Gasteiger partial charge < -0.3 is 20.4 Å². The van der Waals surface area contributed by atoms with Crippen molar-refractivity contribution in [1.82, 2.24) is 4.90 Å². The molecule has 0 bridgehead atoms. The van der Waals surface area contributed by atoms with Crippen molar-refractivity contribution in [2.45, 2.75) is 20.8 Å². The van der Waals surface area contributed by atoms with E-state index in [0.717, 1.165) is 13.1 Å². The molecule has 1 aliphatic heterocycles. The molecule has 27 heavy (non-hydrogen) atoms. The number of carbonyl (C=O) groups excluding carboxylic acids is 2. The number of nitrogens with zero attached hydrogens (tertiary/aromatic N) is 2. The third-order valence-electron chi connectivity index (χ3n) is 4.71. The first kappa shape index (κ1) is 18.8. The number of nitrogens with one attached hydrogen (secondary N) is 2. The molecule has 0 saturated carbocycles. The molecular weight excluding hydrogens is 340 g/mol. The van der Waals surface area contributed by atoms with E-state index in [1.165, 1.54) is 23.7 Å². The fourth-order valence-corrected chi connectivity index (χ4v) is 3.29. The van der Waals surface area contributed by atoms with Gasteiger partial charge in [0.25, 0.3) is 0 Å². The smallest absolute Gasteiger partial charge is 0.321 e. The second-order valence-electron chi connectivity index (χ2n) is 6.96. The number of benzene rings is 2. The van der Waals surface area contributed by atoms with Crippen molar-refractivity contribution in [2.75, 3.05) is 41.7 Å². The molecule has 0 radical (unpaired) electrons. The van der Waals surface area contributed by atoms with Gasteiger partial charge >= 0.3 is 6.03 Å². The summed E-state index contributed by atoms with van der Waals surface area (Å²) in [7, 11) is 0. The summed E-state index contributed by atoms with van der Waals surface area (Å²) in [4.78, 5) is 27.9. The number of urea groups is 1. The van der Waals surface area contributed by atoms with Crippen molar-refractivity contribution < 1.29 is 9.59 Å². The lowest BCUT2D eigenvalue weighted by Crippen LogP contribution is -2.50. The van der Waals surface area contributed by atoms with Crippen molar-refractivity contribution in [3.63, 3.8) is 0 Å². The predicted octanol–water partition coefficient (Wildman–Crippen LogP) is 3.62. The second kappa shape index (κ2) is 8.12. The monoisotopic (exact) mass is 366 g/mol. The number of amides is 3. The van der Waals surface area contributed by atoms with Gasteiger partial charge in [-0.15, -0.1) is 0 Å². The molecule has 1 fully saturated rings. The molecule has 1 aliphatic rings. The predicted molar refractivity (Wildman–Crippen MR) is 109 cm³/mol. The summed E-state index contributed by atoms with van der Waals surface area (Å²) in [6.45, 7) is 8.64. The van der Waals surface area contributed by atoms with Crippen LogP contribution in [-0.2, 0) is 4.79 Å². The van der Waals surface area contributed by atoms with Crippen LogP contribution in [0.2, 0.25) is 0 Å². The van der Waals surface area contributed by atoms with E-state index in [0.29, 0.717) is 24.5 Å². The number of piperazine rings is 1. The van der Waals surface area contributed by atoms with E-state index >= 15 is 0 Å². The molecule has 6 heteroatoms. The van der Waals surface area contributed by atoms with E-state index in [-0.39, 0.29) is 11.9 Å². The number of rotatable bonds is 3. The molecule has 0 unspecified atom stereocenters. The quantitative estimate of drug-likeness (QED) is 0.872. The van der Waals surface area contributed by atoms with Crippen LogP contribution in [0.15, 0.2) is 42.5 Å². The van der Waals surface area contributed by atoms with Gasteiger partial charge in [0.2, 0.25) is 5.91 Å². The van der Waals surface area contributed by atoms with Crippen LogP contribution >= 0.6 is 0 Å². The summed E-state index contributed by atoms with van der Waals surface area (Å²) in [6, 6.07) is 13.5. The van der Waals surface area contributed by atoms with Crippen molar-refractivity contribution >= 4 is 29.0 Å². The standard InChI is InChI=1S/C21H26N4O2/c1-15-7-8-16(2)20(13-15)24-9-11-25(12-10-24)21(27)23-19-6-4-5-18(14-19)22-17(3)26/h4-8,13-14H,9-12H2,1-3H3,(H,22,26)(H,23,27). The van der Waals surface area contributed by atoms with Crippen molar-refractivity contribution in [1.29, 1.82) is 0 Å². The summed E-state index contributed by atoms with van der Waals surface area (Å²) in [5.41, 5.74) is 5.09. The summed E-state index contributed by atoms with van der Waals surface area (Å²) in [6.07, 6.45) is 0. The zero-order valence-electron chi connectivity index (χ0n) is 16.1. The van der Waals surface area contributed by atoms with Gasteiger partial charge in [-0.3, -0.25) is 4.79 Å². The summed E-state index contributed by atoms with van der Waals surface area (Å²) in [5, 5.41) is 5.64. The van der Waals surface area contributed by atoms with Gasteiger partial charge in [0.15, 0.2) is 0 Å². The van der Waals surface area contributed by atoms with Crippen molar-refractivity contribution in [2.24, 2.45) is 0 Å². The van der Waals surface area contributed by atoms with Gasteiger partial charge in [-0.25, -0.2) is 4.79 Å². The highest BCUT2D eigenvalue weighted by atomic mass is 16.2. The average Bonchev–Trinajstić information content (AvgIpc) is 2.63. The number of carbonyl (C=O) groups is 2. The molecule has 2 aromatic carbocycles. The van der Waals surface area contributed by atoms with Crippen LogP contribution in [0.3, 0.4) is 0 Å². The highest BCUT2D eigenvalue weighted by Crippen LogP contribution is 2.23. The first-order valence-corrected chi connectivity index (χ1v) is 9.18. The van der Waals surface area contributed by atoms with Crippen molar-refractivity contribution in [3.8, 4) is 0 Å². The van der Waals surface area contributed by atoms with Gasteiger partial charge in [-0.2, -0.15) is 0 Å². The molecule has 1 saturated heterocycles. The zero-order chi connectivity index (χ0) is 19.4. The van der Waals surface area contributed by atoms with Crippen LogP contribution in [0.1, 0.15) is 18.1 Å². The Balaban J connectivity index is 1.59. The van der Waals surface area contributed by atoms with E-state index in [1.807, 2.05) is 11.0 Å². The Bertz CT molecular complexity index is 842. The Hall–Kier alpha value is -3.02. The molecule has 0 aromatic heterocycles. The average molecular weight is 366 g/mol. The van der Waals surface area contributed by atoms with Gasteiger partial charge in [0.1, 0.15) is 0 Å². The highest BCUT2D eigenvalue weighted by Gasteiger charge is 2.22. The molecule has 6 nitrogen and oxygen atoms in total. The van der Waals surface area contributed by atoms with Gasteiger partial charge in [0.05, 0.1) is 0 Å². The molecule has 2 N–H and O–H groups in total. The first-order chi connectivity index (χ1) is 12.9. The molecule has 0 spiro atoms. The van der Waals surface area contributed by atoms with Crippen LogP contribution in [0.25, 0.3) is 0 Å². The fraction of sp³-hybridized carbons (Fsp3) is 0.333. The van der Waals surface area contributed by atoms with Crippen LogP contribution < -0.4 is 15.5 Å². The van der Waals surface area contributed by atoms with Crippen LogP contribution in [0, 0.1) is 13.8 Å². The van der Waals surface area contributed by atoms with E-state index in [9.17, 15) is 9.59 Å².